The molecule has 1 fully saturated rings. The van der Waals surface area contributed by atoms with Gasteiger partial charge in [0.1, 0.15) is 5.75 Å². The zero-order valence-electron chi connectivity index (χ0n) is 15.5. The maximum atomic E-state index is 12.2. The van der Waals surface area contributed by atoms with Gasteiger partial charge in [0.05, 0.1) is 6.61 Å². The van der Waals surface area contributed by atoms with E-state index in [9.17, 15) is 9.59 Å². The number of fused-ring (bicyclic) bond motifs is 1. The van der Waals surface area contributed by atoms with Gasteiger partial charge in [-0.15, -0.1) is 0 Å². The van der Waals surface area contributed by atoms with Crippen molar-refractivity contribution in [1.29, 1.82) is 0 Å². The van der Waals surface area contributed by atoms with Crippen LogP contribution in [-0.4, -0.2) is 49.2 Å². The molecule has 0 atom stereocenters. The van der Waals surface area contributed by atoms with Gasteiger partial charge in [-0.05, 0) is 62.6 Å². The van der Waals surface area contributed by atoms with Gasteiger partial charge in [-0.2, -0.15) is 0 Å². The molecule has 1 aliphatic carbocycles. The lowest BCUT2D eigenvalue weighted by molar-refractivity contribution is -0.124. The van der Waals surface area contributed by atoms with Gasteiger partial charge in [0, 0.05) is 19.1 Å². The summed E-state index contributed by atoms with van der Waals surface area (Å²) in [7, 11) is 0. The van der Waals surface area contributed by atoms with E-state index in [0.717, 1.165) is 31.4 Å². The summed E-state index contributed by atoms with van der Waals surface area (Å²) in [5.74, 6) is 0.738. The SMILES string of the molecule is CCOC(=O)N1CCC(NC(=O)COc2cccc3c2CCCC3)CC1. The van der Waals surface area contributed by atoms with Crippen LogP contribution in [0, 0.1) is 0 Å². The summed E-state index contributed by atoms with van der Waals surface area (Å²) in [4.78, 5) is 25.6. The van der Waals surface area contributed by atoms with Crippen LogP contribution in [0.3, 0.4) is 0 Å². The molecule has 0 unspecified atom stereocenters. The molecule has 26 heavy (non-hydrogen) atoms. The van der Waals surface area contributed by atoms with Crippen LogP contribution < -0.4 is 10.1 Å². The summed E-state index contributed by atoms with van der Waals surface area (Å²) in [6.07, 6.45) is 5.74. The van der Waals surface area contributed by atoms with Crippen LogP contribution in [0.15, 0.2) is 18.2 Å². The van der Waals surface area contributed by atoms with Gasteiger partial charge >= 0.3 is 6.09 Å². The fourth-order valence-electron chi connectivity index (χ4n) is 3.72. The number of nitrogens with one attached hydrogen (secondary N) is 1. The molecule has 1 aromatic rings. The molecule has 0 aromatic heterocycles. The highest BCUT2D eigenvalue weighted by atomic mass is 16.6. The van der Waals surface area contributed by atoms with E-state index in [1.54, 1.807) is 11.8 Å². The number of aryl methyl sites for hydroxylation is 1. The van der Waals surface area contributed by atoms with Crippen LogP contribution in [0.5, 0.6) is 5.75 Å². The summed E-state index contributed by atoms with van der Waals surface area (Å²) in [5.41, 5.74) is 2.61. The monoisotopic (exact) mass is 360 g/mol. The third-order valence-corrected chi connectivity index (χ3v) is 5.10. The van der Waals surface area contributed by atoms with E-state index in [4.69, 9.17) is 9.47 Å². The first-order valence-corrected chi connectivity index (χ1v) is 9.62. The second-order valence-electron chi connectivity index (χ2n) is 6.92. The number of likely N-dealkylation sites (tertiary alicyclic amines) is 1. The Balaban J connectivity index is 1.44. The second kappa shape index (κ2) is 8.92. The molecule has 0 spiro atoms. The molecule has 0 bridgehead atoms. The van der Waals surface area contributed by atoms with Crippen LogP contribution in [-0.2, 0) is 22.4 Å². The minimum Gasteiger partial charge on any atom is -0.483 e. The molecule has 0 radical (unpaired) electrons. The zero-order valence-corrected chi connectivity index (χ0v) is 15.5. The predicted octanol–water partition coefficient (Wildman–Crippen LogP) is 2.68. The molecule has 1 N–H and O–H groups in total. The van der Waals surface area contributed by atoms with Gasteiger partial charge in [-0.1, -0.05) is 12.1 Å². The Labute approximate surface area is 154 Å². The van der Waals surface area contributed by atoms with Crippen molar-refractivity contribution in [2.45, 2.75) is 51.5 Å². The molecule has 1 heterocycles. The molecule has 1 aromatic carbocycles. The van der Waals surface area contributed by atoms with Crippen molar-refractivity contribution in [3.8, 4) is 5.75 Å². The predicted molar refractivity (Wildman–Crippen MR) is 98.3 cm³/mol. The number of carbonyl (C=O) groups excluding carboxylic acids is 2. The van der Waals surface area contributed by atoms with Crippen molar-refractivity contribution in [3.63, 3.8) is 0 Å². The fraction of sp³-hybridized carbons (Fsp3) is 0.600. The molecular formula is C20H28N2O4. The number of hydrogen-bond donors (Lipinski definition) is 1. The number of ether oxygens (including phenoxy) is 2. The Morgan fingerprint density at radius 3 is 2.73 bits per heavy atom. The van der Waals surface area contributed by atoms with Crippen LogP contribution >= 0.6 is 0 Å². The number of rotatable bonds is 5. The van der Waals surface area contributed by atoms with E-state index in [-0.39, 0.29) is 24.6 Å². The van der Waals surface area contributed by atoms with E-state index < -0.39 is 0 Å². The maximum absolute atomic E-state index is 12.2. The standard InChI is InChI=1S/C20H28N2O4/c1-2-25-20(24)22-12-10-16(11-13-22)21-19(23)14-26-18-9-5-7-15-6-3-4-8-17(15)18/h5,7,9,16H,2-4,6,8,10-14H2,1H3,(H,21,23). The first-order chi connectivity index (χ1) is 12.7. The van der Waals surface area contributed by atoms with Crippen molar-refractivity contribution in [3.05, 3.63) is 29.3 Å². The van der Waals surface area contributed by atoms with E-state index in [0.29, 0.717) is 19.7 Å². The lowest BCUT2D eigenvalue weighted by Gasteiger charge is -2.31. The second-order valence-corrected chi connectivity index (χ2v) is 6.92. The van der Waals surface area contributed by atoms with Crippen molar-refractivity contribution in [2.75, 3.05) is 26.3 Å². The van der Waals surface area contributed by atoms with Crippen LogP contribution in [0.25, 0.3) is 0 Å². The molecule has 1 saturated heterocycles. The average Bonchev–Trinajstić information content (AvgIpc) is 2.67. The normalized spacial score (nSPS) is 17.3. The Hall–Kier alpha value is -2.24. The van der Waals surface area contributed by atoms with Crippen molar-refractivity contribution < 1.29 is 19.1 Å². The van der Waals surface area contributed by atoms with Crippen molar-refractivity contribution in [1.82, 2.24) is 10.2 Å². The van der Waals surface area contributed by atoms with E-state index in [1.807, 2.05) is 12.1 Å². The van der Waals surface area contributed by atoms with Gasteiger partial charge in [0.15, 0.2) is 6.61 Å². The van der Waals surface area contributed by atoms with Crippen LogP contribution in [0.1, 0.15) is 43.7 Å². The van der Waals surface area contributed by atoms with Crippen LogP contribution in [0.2, 0.25) is 0 Å². The molecule has 2 aliphatic rings. The summed E-state index contributed by atoms with van der Waals surface area (Å²) in [5, 5.41) is 3.02. The van der Waals surface area contributed by atoms with Gasteiger partial charge in [-0.3, -0.25) is 4.79 Å². The number of benzene rings is 1. The highest BCUT2D eigenvalue weighted by Crippen LogP contribution is 2.29. The quantitative estimate of drug-likeness (QED) is 0.877. The highest BCUT2D eigenvalue weighted by molar-refractivity contribution is 5.78. The van der Waals surface area contributed by atoms with E-state index in [2.05, 4.69) is 11.4 Å². The minimum absolute atomic E-state index is 0.0363. The lowest BCUT2D eigenvalue weighted by Crippen LogP contribution is -2.47. The number of piperidine rings is 1. The molecule has 1 aliphatic heterocycles. The summed E-state index contributed by atoms with van der Waals surface area (Å²) in [6, 6.07) is 6.19. The maximum Gasteiger partial charge on any atom is 0.409 e. The largest absolute Gasteiger partial charge is 0.483 e. The third-order valence-electron chi connectivity index (χ3n) is 5.10. The van der Waals surface area contributed by atoms with E-state index >= 15 is 0 Å². The smallest absolute Gasteiger partial charge is 0.409 e. The topological polar surface area (TPSA) is 67.9 Å². The average molecular weight is 360 g/mol. The van der Waals surface area contributed by atoms with E-state index in [1.165, 1.54) is 24.0 Å². The number of hydrogen-bond acceptors (Lipinski definition) is 4. The first-order valence-electron chi connectivity index (χ1n) is 9.62. The van der Waals surface area contributed by atoms with Gasteiger partial charge in [0.2, 0.25) is 0 Å². The summed E-state index contributed by atoms with van der Waals surface area (Å²) in [6.45, 7) is 3.44. The van der Waals surface area contributed by atoms with Gasteiger partial charge in [-0.25, -0.2) is 4.79 Å². The summed E-state index contributed by atoms with van der Waals surface area (Å²) >= 11 is 0. The Morgan fingerprint density at radius 1 is 1.19 bits per heavy atom. The Morgan fingerprint density at radius 2 is 1.96 bits per heavy atom. The minimum atomic E-state index is -0.269. The van der Waals surface area contributed by atoms with Gasteiger partial charge < -0.3 is 19.7 Å². The summed E-state index contributed by atoms with van der Waals surface area (Å²) < 4.78 is 10.8. The molecule has 0 saturated carbocycles. The fourth-order valence-corrected chi connectivity index (χ4v) is 3.72. The first kappa shape index (κ1) is 18.5. The van der Waals surface area contributed by atoms with Crippen molar-refractivity contribution in [2.24, 2.45) is 0 Å². The molecule has 6 nitrogen and oxygen atoms in total. The molecule has 6 heteroatoms. The number of amides is 2. The third kappa shape index (κ3) is 4.68. The zero-order chi connectivity index (χ0) is 18.4. The highest BCUT2D eigenvalue weighted by Gasteiger charge is 2.24. The molecule has 142 valence electrons. The number of carbonyl (C=O) groups is 2. The lowest BCUT2D eigenvalue weighted by atomic mass is 9.91. The Kier molecular flexibility index (Phi) is 6.36. The molecular weight excluding hydrogens is 332 g/mol. The molecule has 2 amide bonds. The molecule has 3 rings (SSSR count). The Bertz CT molecular complexity index is 639. The van der Waals surface area contributed by atoms with Crippen molar-refractivity contribution >= 4 is 12.0 Å². The van der Waals surface area contributed by atoms with Crippen LogP contribution in [0.4, 0.5) is 4.79 Å². The van der Waals surface area contributed by atoms with Gasteiger partial charge in [0.25, 0.3) is 5.91 Å². The number of nitrogens with zero attached hydrogens (tertiary/aromatic N) is 1.